The largest absolute Gasteiger partial charge is 0.459 e. The Morgan fingerprint density at radius 2 is 2.21 bits per heavy atom. The summed E-state index contributed by atoms with van der Waals surface area (Å²) in [7, 11) is 0. The zero-order valence-corrected chi connectivity index (χ0v) is 17.0. The summed E-state index contributed by atoms with van der Waals surface area (Å²) < 4.78 is 5.86. The van der Waals surface area contributed by atoms with E-state index >= 15 is 0 Å². The van der Waals surface area contributed by atoms with Crippen molar-refractivity contribution in [3.63, 3.8) is 0 Å². The van der Waals surface area contributed by atoms with E-state index in [9.17, 15) is 14.9 Å². The number of fused-ring (bicyclic) bond motifs is 1. The summed E-state index contributed by atoms with van der Waals surface area (Å²) in [6.07, 6.45) is 2.56. The smallest absolute Gasteiger partial charge is 0.281 e. The van der Waals surface area contributed by atoms with Crippen molar-refractivity contribution in [3.8, 4) is 11.3 Å². The summed E-state index contributed by atoms with van der Waals surface area (Å²) in [4.78, 5) is 32.5. The third-order valence-corrected chi connectivity index (χ3v) is 5.60. The molecule has 0 radical (unpaired) electrons. The van der Waals surface area contributed by atoms with E-state index in [-0.39, 0.29) is 11.2 Å². The molecule has 29 heavy (non-hydrogen) atoms. The standard InChI is InChI=1S/C19H17ClN4O4S/c1-29-19-21-15-6-7-23(10-14(15)18(25)22-19)9-12-3-5-17(28-12)13-4-2-11(20)8-16(13)24(26)27/h2-5,8H,6-7,9-10H2,1H3,(H,21,22,25). The Labute approximate surface area is 175 Å². The van der Waals surface area contributed by atoms with Crippen molar-refractivity contribution in [2.24, 2.45) is 0 Å². The van der Waals surface area contributed by atoms with Gasteiger partial charge in [0.05, 0.1) is 28.3 Å². The van der Waals surface area contributed by atoms with Gasteiger partial charge in [0.25, 0.3) is 11.2 Å². The monoisotopic (exact) mass is 432 g/mol. The number of hydrogen-bond acceptors (Lipinski definition) is 7. The number of H-pyrrole nitrogens is 1. The van der Waals surface area contributed by atoms with Crippen LogP contribution in [0.2, 0.25) is 5.02 Å². The lowest BCUT2D eigenvalue weighted by Crippen LogP contribution is -2.35. The highest BCUT2D eigenvalue weighted by molar-refractivity contribution is 7.98. The average molecular weight is 433 g/mol. The molecule has 1 N–H and O–H groups in total. The number of aromatic nitrogens is 2. The van der Waals surface area contributed by atoms with E-state index in [1.165, 1.54) is 17.8 Å². The number of rotatable bonds is 5. The maximum atomic E-state index is 12.3. The maximum absolute atomic E-state index is 12.3. The number of furan rings is 1. The van der Waals surface area contributed by atoms with Gasteiger partial charge >= 0.3 is 0 Å². The fourth-order valence-corrected chi connectivity index (χ4v) is 3.94. The molecule has 3 aromatic rings. The van der Waals surface area contributed by atoms with Crippen LogP contribution in [0.4, 0.5) is 5.69 Å². The molecule has 150 valence electrons. The number of aromatic amines is 1. The van der Waals surface area contributed by atoms with E-state index in [1.54, 1.807) is 24.3 Å². The van der Waals surface area contributed by atoms with Crippen LogP contribution in [0.3, 0.4) is 0 Å². The summed E-state index contributed by atoms with van der Waals surface area (Å²) in [5.74, 6) is 1.07. The molecule has 8 nitrogen and oxygen atoms in total. The van der Waals surface area contributed by atoms with Crippen LogP contribution < -0.4 is 5.56 Å². The molecule has 0 unspecified atom stereocenters. The molecule has 1 aromatic carbocycles. The van der Waals surface area contributed by atoms with Crippen LogP contribution in [-0.4, -0.2) is 32.6 Å². The topological polar surface area (TPSA) is 105 Å². The Hall–Kier alpha value is -2.62. The van der Waals surface area contributed by atoms with Gasteiger partial charge in [-0.3, -0.25) is 19.8 Å². The van der Waals surface area contributed by atoms with E-state index in [1.807, 2.05) is 6.26 Å². The first kappa shape index (κ1) is 19.7. The Kier molecular flexibility index (Phi) is 5.44. The summed E-state index contributed by atoms with van der Waals surface area (Å²) in [6.45, 7) is 1.71. The molecular formula is C19H17ClN4O4S. The van der Waals surface area contributed by atoms with Gasteiger partial charge in [0.15, 0.2) is 5.16 Å². The highest BCUT2D eigenvalue weighted by Gasteiger charge is 2.23. The molecule has 0 fully saturated rings. The predicted octanol–water partition coefficient (Wildman–Crippen LogP) is 3.87. The van der Waals surface area contributed by atoms with Gasteiger partial charge in [0.2, 0.25) is 0 Å². The molecule has 0 amide bonds. The fraction of sp³-hybridized carbons (Fsp3) is 0.263. The second kappa shape index (κ2) is 8.02. The Morgan fingerprint density at radius 3 is 2.97 bits per heavy atom. The zero-order valence-electron chi connectivity index (χ0n) is 15.5. The van der Waals surface area contributed by atoms with Gasteiger partial charge in [0.1, 0.15) is 11.5 Å². The molecule has 1 aliphatic heterocycles. The number of nitro benzene ring substituents is 1. The van der Waals surface area contributed by atoms with E-state index in [2.05, 4.69) is 14.9 Å². The molecule has 0 atom stereocenters. The molecule has 0 bridgehead atoms. The predicted molar refractivity (Wildman–Crippen MR) is 110 cm³/mol. The van der Waals surface area contributed by atoms with Gasteiger partial charge < -0.3 is 9.40 Å². The molecule has 3 heterocycles. The fourth-order valence-electron chi connectivity index (χ4n) is 3.38. The van der Waals surface area contributed by atoms with Crippen molar-refractivity contribution < 1.29 is 9.34 Å². The van der Waals surface area contributed by atoms with Crippen LogP contribution in [0.5, 0.6) is 0 Å². The van der Waals surface area contributed by atoms with Crippen LogP contribution in [0.15, 0.2) is 44.7 Å². The molecule has 10 heteroatoms. The molecular weight excluding hydrogens is 416 g/mol. The quantitative estimate of drug-likeness (QED) is 0.282. The van der Waals surface area contributed by atoms with Crippen LogP contribution in [0.1, 0.15) is 17.0 Å². The summed E-state index contributed by atoms with van der Waals surface area (Å²) >= 11 is 7.29. The van der Waals surface area contributed by atoms with E-state index in [0.29, 0.717) is 52.3 Å². The van der Waals surface area contributed by atoms with Crippen molar-refractivity contribution in [2.45, 2.75) is 24.7 Å². The first-order valence-electron chi connectivity index (χ1n) is 8.86. The van der Waals surface area contributed by atoms with Crippen LogP contribution in [0.25, 0.3) is 11.3 Å². The Bertz CT molecular complexity index is 1140. The third kappa shape index (κ3) is 4.07. The van der Waals surface area contributed by atoms with Gasteiger partial charge in [-0.1, -0.05) is 23.4 Å². The number of nitrogens with one attached hydrogen (secondary N) is 1. The maximum Gasteiger partial charge on any atom is 0.281 e. The number of nitrogens with zero attached hydrogens (tertiary/aromatic N) is 3. The summed E-state index contributed by atoms with van der Waals surface area (Å²) in [5.41, 5.74) is 1.67. The van der Waals surface area contributed by atoms with Crippen molar-refractivity contribution in [2.75, 3.05) is 12.8 Å². The molecule has 2 aromatic heterocycles. The summed E-state index contributed by atoms with van der Waals surface area (Å²) in [5, 5.41) is 12.2. The minimum atomic E-state index is -0.479. The minimum Gasteiger partial charge on any atom is -0.459 e. The van der Waals surface area contributed by atoms with Gasteiger partial charge in [-0.2, -0.15) is 0 Å². The summed E-state index contributed by atoms with van der Waals surface area (Å²) in [6, 6.07) is 7.98. The van der Waals surface area contributed by atoms with E-state index in [0.717, 1.165) is 12.2 Å². The van der Waals surface area contributed by atoms with Gasteiger partial charge in [-0.05, 0) is 30.5 Å². The van der Waals surface area contributed by atoms with Crippen molar-refractivity contribution in [1.82, 2.24) is 14.9 Å². The SMILES string of the molecule is CSc1nc2c(c(=O)[nH]1)CN(Cc1ccc(-c3ccc(Cl)cc3[N+](=O)[O-])o1)CC2. The molecule has 1 aliphatic rings. The third-order valence-electron chi connectivity index (χ3n) is 4.78. The number of nitro groups is 1. The lowest BCUT2D eigenvalue weighted by atomic mass is 10.1. The highest BCUT2D eigenvalue weighted by atomic mass is 35.5. The van der Waals surface area contributed by atoms with E-state index in [4.69, 9.17) is 16.0 Å². The molecule has 0 saturated carbocycles. The van der Waals surface area contributed by atoms with Gasteiger partial charge in [-0.15, -0.1) is 0 Å². The first-order valence-corrected chi connectivity index (χ1v) is 10.5. The molecule has 0 saturated heterocycles. The average Bonchev–Trinajstić information content (AvgIpc) is 3.16. The molecule has 4 rings (SSSR count). The number of halogens is 1. The van der Waals surface area contributed by atoms with E-state index < -0.39 is 4.92 Å². The first-order chi connectivity index (χ1) is 13.9. The molecule has 0 spiro atoms. The molecule has 0 aliphatic carbocycles. The number of benzene rings is 1. The van der Waals surface area contributed by atoms with Crippen LogP contribution in [-0.2, 0) is 19.5 Å². The van der Waals surface area contributed by atoms with Gasteiger partial charge in [0, 0.05) is 30.6 Å². The lowest BCUT2D eigenvalue weighted by molar-refractivity contribution is -0.384. The van der Waals surface area contributed by atoms with Crippen molar-refractivity contribution in [3.05, 3.63) is 72.8 Å². The Balaban J connectivity index is 1.54. The second-order valence-corrected chi connectivity index (χ2v) is 7.88. The lowest BCUT2D eigenvalue weighted by Gasteiger charge is -2.26. The second-order valence-electron chi connectivity index (χ2n) is 6.65. The minimum absolute atomic E-state index is 0.104. The zero-order chi connectivity index (χ0) is 20.5. The number of hydrogen-bond donors (Lipinski definition) is 1. The number of thioether (sulfide) groups is 1. The van der Waals surface area contributed by atoms with Crippen LogP contribution in [0, 0.1) is 10.1 Å². The Morgan fingerprint density at radius 1 is 1.38 bits per heavy atom. The van der Waals surface area contributed by atoms with Gasteiger partial charge in [-0.25, -0.2) is 4.98 Å². The highest BCUT2D eigenvalue weighted by Crippen LogP contribution is 2.33. The van der Waals surface area contributed by atoms with Crippen molar-refractivity contribution >= 4 is 29.1 Å². The normalized spacial score (nSPS) is 14.0. The van der Waals surface area contributed by atoms with Crippen molar-refractivity contribution in [1.29, 1.82) is 0 Å². The van der Waals surface area contributed by atoms with Crippen LogP contribution >= 0.6 is 23.4 Å².